The van der Waals surface area contributed by atoms with E-state index in [0.717, 1.165) is 10.8 Å². The van der Waals surface area contributed by atoms with Crippen LogP contribution in [0.2, 0.25) is 0 Å². The first-order chi connectivity index (χ1) is 8.25. The molecule has 0 aliphatic carbocycles. The first-order valence-corrected chi connectivity index (χ1v) is 5.55. The number of benzene rings is 2. The summed E-state index contributed by atoms with van der Waals surface area (Å²) in [7, 11) is 0. The number of carbonyl (C=O) groups excluding carboxylic acids is 2. The van der Waals surface area contributed by atoms with Gasteiger partial charge in [0.15, 0.2) is 0 Å². The Bertz CT molecular complexity index is 547. The summed E-state index contributed by atoms with van der Waals surface area (Å²) in [5.41, 5.74) is 0.720. The molecule has 0 amide bonds. The molecule has 0 spiro atoms. The summed E-state index contributed by atoms with van der Waals surface area (Å²) in [6.07, 6.45) is 0. The molecular formula is C14H12O3. The summed E-state index contributed by atoms with van der Waals surface area (Å²) in [6.45, 7) is 4.00. The van der Waals surface area contributed by atoms with Crippen molar-refractivity contribution in [2.45, 2.75) is 13.8 Å². The van der Waals surface area contributed by atoms with Crippen LogP contribution in [-0.4, -0.2) is 11.9 Å². The van der Waals surface area contributed by atoms with E-state index in [0.29, 0.717) is 11.1 Å². The number of esters is 2. The first kappa shape index (κ1) is 11.3. The van der Waals surface area contributed by atoms with Gasteiger partial charge in [-0.1, -0.05) is 38.1 Å². The lowest BCUT2D eigenvalue weighted by molar-refractivity contribution is 0.0444. The fourth-order valence-corrected chi connectivity index (χ4v) is 1.77. The van der Waals surface area contributed by atoms with Gasteiger partial charge >= 0.3 is 11.9 Å². The number of hydrogen-bond donors (Lipinski definition) is 0. The molecule has 1 aliphatic heterocycles. The molecule has 0 N–H and O–H groups in total. The van der Waals surface area contributed by atoms with E-state index in [1.807, 2.05) is 38.1 Å². The third-order valence-electron chi connectivity index (χ3n) is 2.51. The third-order valence-corrected chi connectivity index (χ3v) is 2.51. The van der Waals surface area contributed by atoms with E-state index in [-0.39, 0.29) is 0 Å². The summed E-state index contributed by atoms with van der Waals surface area (Å²) in [5.74, 6) is -1.11. The fraction of sp³-hybridized carbons (Fsp3) is 0.143. The molecule has 0 saturated heterocycles. The van der Waals surface area contributed by atoms with Crippen molar-refractivity contribution in [2.75, 3.05) is 0 Å². The molecule has 0 fully saturated rings. The molecule has 0 aromatic heterocycles. The molecular weight excluding hydrogens is 216 g/mol. The van der Waals surface area contributed by atoms with Crippen molar-refractivity contribution >= 4 is 22.7 Å². The molecule has 3 nitrogen and oxygen atoms in total. The van der Waals surface area contributed by atoms with Crippen LogP contribution in [0.25, 0.3) is 10.8 Å². The molecule has 0 bridgehead atoms. The molecule has 86 valence electrons. The first-order valence-electron chi connectivity index (χ1n) is 5.55. The molecule has 0 saturated carbocycles. The zero-order chi connectivity index (χ0) is 12.4. The van der Waals surface area contributed by atoms with Crippen molar-refractivity contribution in [3.63, 3.8) is 0 Å². The van der Waals surface area contributed by atoms with E-state index >= 15 is 0 Å². The SMILES string of the molecule is CC.O=C1OC(=O)c2cc3ccccc3cc21. The topological polar surface area (TPSA) is 43.4 Å². The summed E-state index contributed by atoms with van der Waals surface area (Å²) >= 11 is 0. The normalized spacial score (nSPS) is 12.8. The van der Waals surface area contributed by atoms with Gasteiger partial charge in [-0.25, -0.2) is 9.59 Å². The minimum absolute atomic E-state index is 0.360. The lowest BCUT2D eigenvalue weighted by Crippen LogP contribution is -1.96. The number of ether oxygens (including phenoxy) is 1. The van der Waals surface area contributed by atoms with Crippen molar-refractivity contribution in [1.82, 2.24) is 0 Å². The molecule has 2 aromatic rings. The van der Waals surface area contributed by atoms with E-state index in [9.17, 15) is 9.59 Å². The predicted octanol–water partition coefficient (Wildman–Crippen LogP) is 3.18. The Balaban J connectivity index is 0.000000514. The maximum atomic E-state index is 11.3. The van der Waals surface area contributed by atoms with Crippen LogP contribution in [0.3, 0.4) is 0 Å². The minimum Gasteiger partial charge on any atom is -0.386 e. The van der Waals surface area contributed by atoms with Gasteiger partial charge in [-0.3, -0.25) is 0 Å². The van der Waals surface area contributed by atoms with Crippen LogP contribution in [0.1, 0.15) is 34.6 Å². The van der Waals surface area contributed by atoms with E-state index in [1.54, 1.807) is 12.1 Å². The number of hydrogen-bond acceptors (Lipinski definition) is 3. The van der Waals surface area contributed by atoms with Gasteiger partial charge in [0.05, 0.1) is 11.1 Å². The highest BCUT2D eigenvalue weighted by Crippen LogP contribution is 2.25. The Morgan fingerprint density at radius 1 is 0.824 bits per heavy atom. The highest BCUT2D eigenvalue weighted by Gasteiger charge is 2.29. The summed E-state index contributed by atoms with van der Waals surface area (Å²) in [6, 6.07) is 10.9. The average Bonchev–Trinajstić information content (AvgIpc) is 2.65. The Kier molecular flexibility index (Phi) is 2.91. The van der Waals surface area contributed by atoms with Gasteiger partial charge in [-0.05, 0) is 22.9 Å². The van der Waals surface area contributed by atoms with Gasteiger partial charge < -0.3 is 4.74 Å². The minimum atomic E-state index is -0.555. The van der Waals surface area contributed by atoms with Crippen LogP contribution >= 0.6 is 0 Å². The van der Waals surface area contributed by atoms with Crippen LogP contribution in [0.15, 0.2) is 36.4 Å². The molecule has 3 heteroatoms. The van der Waals surface area contributed by atoms with Crippen LogP contribution in [0.5, 0.6) is 0 Å². The Morgan fingerprint density at radius 3 is 1.65 bits per heavy atom. The van der Waals surface area contributed by atoms with E-state index in [4.69, 9.17) is 0 Å². The number of fused-ring (bicyclic) bond motifs is 2. The van der Waals surface area contributed by atoms with Gasteiger partial charge in [-0.15, -0.1) is 0 Å². The van der Waals surface area contributed by atoms with Gasteiger partial charge in [0, 0.05) is 0 Å². The van der Waals surface area contributed by atoms with Crippen LogP contribution < -0.4 is 0 Å². The molecule has 1 heterocycles. The van der Waals surface area contributed by atoms with Gasteiger partial charge in [0.2, 0.25) is 0 Å². The molecule has 0 atom stereocenters. The maximum Gasteiger partial charge on any atom is 0.346 e. The fourth-order valence-electron chi connectivity index (χ4n) is 1.77. The second kappa shape index (κ2) is 4.37. The van der Waals surface area contributed by atoms with E-state index < -0.39 is 11.9 Å². The second-order valence-corrected chi connectivity index (χ2v) is 3.42. The van der Waals surface area contributed by atoms with Crippen molar-refractivity contribution < 1.29 is 14.3 Å². The largest absolute Gasteiger partial charge is 0.386 e. The summed E-state index contributed by atoms with van der Waals surface area (Å²) in [4.78, 5) is 22.6. The zero-order valence-corrected chi connectivity index (χ0v) is 9.69. The zero-order valence-electron chi connectivity index (χ0n) is 9.69. The van der Waals surface area contributed by atoms with Crippen molar-refractivity contribution in [3.05, 3.63) is 47.5 Å². The average molecular weight is 228 g/mol. The number of cyclic esters (lactones) is 2. The van der Waals surface area contributed by atoms with E-state index in [2.05, 4.69) is 4.74 Å². The van der Waals surface area contributed by atoms with E-state index in [1.165, 1.54) is 0 Å². The van der Waals surface area contributed by atoms with Gasteiger partial charge in [0.1, 0.15) is 0 Å². The van der Waals surface area contributed by atoms with Crippen molar-refractivity contribution in [1.29, 1.82) is 0 Å². The highest BCUT2D eigenvalue weighted by molar-refractivity contribution is 6.17. The van der Waals surface area contributed by atoms with Crippen molar-refractivity contribution in [2.24, 2.45) is 0 Å². The lowest BCUT2D eigenvalue weighted by atomic mass is 10.0. The molecule has 3 rings (SSSR count). The Morgan fingerprint density at radius 2 is 1.24 bits per heavy atom. The lowest BCUT2D eigenvalue weighted by Gasteiger charge is -1.98. The quantitative estimate of drug-likeness (QED) is 0.513. The molecule has 2 aromatic carbocycles. The van der Waals surface area contributed by atoms with Gasteiger partial charge in [0.25, 0.3) is 0 Å². The Labute approximate surface area is 99.0 Å². The monoisotopic (exact) mass is 228 g/mol. The highest BCUT2D eigenvalue weighted by atomic mass is 16.6. The van der Waals surface area contributed by atoms with Crippen LogP contribution in [0.4, 0.5) is 0 Å². The standard InChI is InChI=1S/C12H6O3.C2H6/c13-11-9-5-7-3-1-2-4-8(7)6-10(9)12(14)15-11;1-2/h1-6H;1-2H3. The summed E-state index contributed by atoms with van der Waals surface area (Å²) < 4.78 is 4.53. The molecule has 0 radical (unpaired) electrons. The summed E-state index contributed by atoms with van der Waals surface area (Å²) in [5, 5.41) is 1.87. The smallest absolute Gasteiger partial charge is 0.346 e. The van der Waals surface area contributed by atoms with Crippen LogP contribution in [-0.2, 0) is 4.74 Å². The maximum absolute atomic E-state index is 11.3. The number of carbonyl (C=O) groups is 2. The van der Waals surface area contributed by atoms with Crippen LogP contribution in [0, 0.1) is 0 Å². The Hall–Kier alpha value is -2.16. The van der Waals surface area contributed by atoms with Crippen molar-refractivity contribution in [3.8, 4) is 0 Å². The molecule has 1 aliphatic rings. The molecule has 17 heavy (non-hydrogen) atoms. The second-order valence-electron chi connectivity index (χ2n) is 3.42. The predicted molar refractivity (Wildman–Crippen MR) is 65.0 cm³/mol. The molecule has 0 unspecified atom stereocenters. The number of rotatable bonds is 0. The van der Waals surface area contributed by atoms with Gasteiger partial charge in [-0.2, -0.15) is 0 Å². The third kappa shape index (κ3) is 1.80.